The summed E-state index contributed by atoms with van der Waals surface area (Å²) in [5, 5.41) is 12.0. The van der Waals surface area contributed by atoms with Crippen LogP contribution in [0.2, 0.25) is 0 Å². The van der Waals surface area contributed by atoms with Gasteiger partial charge in [0.2, 0.25) is 5.91 Å². The fourth-order valence-electron chi connectivity index (χ4n) is 3.44. The fourth-order valence-corrected chi connectivity index (χ4v) is 3.44. The van der Waals surface area contributed by atoms with E-state index in [2.05, 4.69) is 10.3 Å². The number of fused-ring (bicyclic) bond motifs is 1. The molecule has 0 atom stereocenters. The number of para-hydroxylation sites is 2. The minimum atomic E-state index is -0.387. The maximum atomic E-state index is 13.5. The molecule has 0 saturated heterocycles. The van der Waals surface area contributed by atoms with Gasteiger partial charge in [-0.3, -0.25) is 9.59 Å². The van der Waals surface area contributed by atoms with Crippen molar-refractivity contribution in [2.75, 3.05) is 5.32 Å². The number of nitrogens with one attached hydrogen (secondary N) is 1. The highest BCUT2D eigenvalue weighted by molar-refractivity contribution is 5.94. The fraction of sp³-hybridized carbons (Fsp3) is 0.0870. The van der Waals surface area contributed by atoms with Crippen LogP contribution in [0.1, 0.15) is 12.5 Å². The van der Waals surface area contributed by atoms with Crippen LogP contribution < -0.4 is 10.9 Å². The number of rotatable bonds is 5. The first kappa shape index (κ1) is 20.0. The van der Waals surface area contributed by atoms with Crippen LogP contribution in [0.4, 0.5) is 11.4 Å². The Bertz CT molecular complexity index is 1360. The second-order valence-electron chi connectivity index (χ2n) is 7.01. The molecular formula is C23H19N4O4+. The highest BCUT2D eigenvalue weighted by Gasteiger charge is 2.21. The average molecular weight is 415 g/mol. The third kappa shape index (κ3) is 4.04. The lowest BCUT2D eigenvalue weighted by Gasteiger charge is -2.14. The zero-order valence-electron chi connectivity index (χ0n) is 16.6. The molecule has 0 aliphatic rings. The van der Waals surface area contributed by atoms with Crippen molar-refractivity contribution < 1.29 is 14.9 Å². The Morgan fingerprint density at radius 3 is 2.48 bits per heavy atom. The van der Waals surface area contributed by atoms with E-state index in [1.807, 2.05) is 48.5 Å². The topological polar surface area (TPSA) is 104 Å². The molecule has 0 unspecified atom stereocenters. The van der Waals surface area contributed by atoms with Crippen molar-refractivity contribution in [1.29, 1.82) is 0 Å². The lowest BCUT2D eigenvalue weighted by molar-refractivity contribution is -0.729. The summed E-state index contributed by atoms with van der Waals surface area (Å²) in [6.07, 6.45) is 0. The molecule has 0 saturated carbocycles. The predicted octanol–water partition coefficient (Wildman–Crippen LogP) is 3.87. The molecular weight excluding hydrogens is 396 g/mol. The average Bonchev–Trinajstić information content (AvgIpc) is 2.76. The van der Waals surface area contributed by atoms with E-state index in [0.717, 1.165) is 5.56 Å². The van der Waals surface area contributed by atoms with E-state index in [9.17, 15) is 19.7 Å². The highest BCUT2D eigenvalue weighted by Crippen LogP contribution is 2.30. The molecule has 1 aromatic heterocycles. The van der Waals surface area contributed by atoms with Crippen molar-refractivity contribution in [2.24, 2.45) is 0 Å². The number of carbonyl (C=O) groups excluding carboxylic acids is 1. The van der Waals surface area contributed by atoms with E-state index in [-0.39, 0.29) is 33.3 Å². The number of hydrogen-bond donors (Lipinski definition) is 2. The van der Waals surface area contributed by atoms with Gasteiger partial charge in [-0.15, -0.1) is 0 Å². The SMILES string of the molecule is CC(=O)Nc1ccc([N+](=O)O)cc1-c1nc2ccccc2n(Cc2ccccc2)c1=O. The van der Waals surface area contributed by atoms with Gasteiger partial charge < -0.3 is 9.88 Å². The molecule has 0 aliphatic heterocycles. The lowest BCUT2D eigenvalue weighted by Crippen LogP contribution is -2.25. The molecule has 8 heteroatoms. The lowest BCUT2D eigenvalue weighted by atomic mass is 10.1. The first-order valence-electron chi connectivity index (χ1n) is 9.55. The van der Waals surface area contributed by atoms with E-state index in [1.54, 1.807) is 10.6 Å². The zero-order valence-corrected chi connectivity index (χ0v) is 16.6. The van der Waals surface area contributed by atoms with Crippen LogP contribution in [0.3, 0.4) is 0 Å². The first-order valence-corrected chi connectivity index (χ1v) is 9.55. The van der Waals surface area contributed by atoms with Gasteiger partial charge >= 0.3 is 5.69 Å². The molecule has 0 fully saturated rings. The van der Waals surface area contributed by atoms with Crippen molar-refractivity contribution in [3.05, 3.63) is 93.6 Å². The van der Waals surface area contributed by atoms with E-state index in [0.29, 0.717) is 23.3 Å². The Kier molecular flexibility index (Phi) is 5.28. The summed E-state index contributed by atoms with van der Waals surface area (Å²) < 4.78 is 1.60. The summed E-state index contributed by atoms with van der Waals surface area (Å²) in [4.78, 5) is 40.9. The Morgan fingerprint density at radius 1 is 1.06 bits per heavy atom. The van der Waals surface area contributed by atoms with E-state index in [1.165, 1.54) is 25.1 Å². The monoisotopic (exact) mass is 415 g/mol. The Labute approximate surface area is 176 Å². The molecule has 0 radical (unpaired) electrons. The largest absolute Gasteiger partial charge is 0.326 e. The smallest absolute Gasteiger partial charge is 0.317 e. The van der Waals surface area contributed by atoms with Crippen LogP contribution in [0.15, 0.2) is 77.6 Å². The Morgan fingerprint density at radius 2 is 1.77 bits per heavy atom. The number of nitrogens with zero attached hydrogens (tertiary/aromatic N) is 3. The molecule has 8 nitrogen and oxygen atoms in total. The molecule has 4 rings (SSSR count). The van der Waals surface area contributed by atoms with E-state index >= 15 is 0 Å². The van der Waals surface area contributed by atoms with Gasteiger partial charge in [-0.25, -0.2) is 10.2 Å². The van der Waals surface area contributed by atoms with E-state index < -0.39 is 0 Å². The van der Waals surface area contributed by atoms with Gasteiger partial charge in [-0.2, -0.15) is 0 Å². The van der Waals surface area contributed by atoms with Crippen molar-refractivity contribution in [1.82, 2.24) is 9.55 Å². The predicted molar refractivity (Wildman–Crippen MR) is 116 cm³/mol. The zero-order chi connectivity index (χ0) is 22.0. The van der Waals surface area contributed by atoms with Crippen LogP contribution in [0, 0.1) is 4.91 Å². The van der Waals surface area contributed by atoms with Crippen molar-refractivity contribution in [3.8, 4) is 11.3 Å². The van der Waals surface area contributed by atoms with E-state index in [4.69, 9.17) is 0 Å². The molecule has 31 heavy (non-hydrogen) atoms. The van der Waals surface area contributed by atoms with Crippen LogP contribution in [0.5, 0.6) is 0 Å². The standard InChI is InChI=1S/C23H18N4O4/c1-15(28)24-19-12-11-17(27(30)31)13-18(19)22-23(29)26(14-16-7-3-2-4-8-16)21-10-6-5-9-20(21)25-22/h2-13H,14H2,1H3,(H-,24,25,28,30,31)/p+1. The normalized spacial score (nSPS) is 10.7. The minimum absolute atomic E-state index is 0.0575. The molecule has 0 bridgehead atoms. The summed E-state index contributed by atoms with van der Waals surface area (Å²) >= 11 is 0. The molecule has 1 heterocycles. The van der Waals surface area contributed by atoms with Gasteiger partial charge in [-0.05, 0) is 23.8 Å². The van der Waals surface area contributed by atoms with Gasteiger partial charge in [-0.1, -0.05) is 42.5 Å². The Balaban J connectivity index is 2.00. The van der Waals surface area contributed by atoms with Gasteiger partial charge in [0.25, 0.3) is 10.5 Å². The van der Waals surface area contributed by atoms with Crippen LogP contribution in [-0.2, 0) is 11.3 Å². The number of anilines is 1. The molecule has 2 N–H and O–H groups in total. The highest BCUT2D eigenvalue weighted by atomic mass is 16.6. The van der Waals surface area contributed by atoms with Crippen molar-refractivity contribution >= 4 is 28.3 Å². The van der Waals surface area contributed by atoms with Crippen LogP contribution in [-0.4, -0.2) is 25.6 Å². The molecule has 1 amide bonds. The molecule has 0 aliphatic carbocycles. The summed E-state index contributed by atoms with van der Waals surface area (Å²) in [5.41, 5.74) is 2.30. The molecule has 3 aromatic carbocycles. The summed E-state index contributed by atoms with van der Waals surface area (Å²) in [7, 11) is 0. The Hall–Kier alpha value is -4.33. The summed E-state index contributed by atoms with van der Waals surface area (Å²) in [6, 6.07) is 20.9. The maximum absolute atomic E-state index is 13.5. The second kappa shape index (κ2) is 8.19. The number of aromatic nitrogens is 2. The van der Waals surface area contributed by atoms with Crippen LogP contribution >= 0.6 is 0 Å². The molecule has 0 spiro atoms. The molecule has 4 aromatic rings. The number of benzene rings is 3. The minimum Gasteiger partial charge on any atom is -0.326 e. The van der Waals surface area contributed by atoms with Gasteiger partial charge in [0, 0.05) is 24.6 Å². The molecule has 154 valence electrons. The van der Waals surface area contributed by atoms with Gasteiger partial charge in [0.05, 0.1) is 28.2 Å². The number of carbonyl (C=O) groups is 1. The number of hydrogen-bond acceptors (Lipinski definition) is 4. The first-order chi connectivity index (χ1) is 14.9. The van der Waals surface area contributed by atoms with Crippen LogP contribution in [0.25, 0.3) is 22.3 Å². The third-order valence-electron chi connectivity index (χ3n) is 4.83. The summed E-state index contributed by atoms with van der Waals surface area (Å²) in [6.45, 7) is 1.66. The van der Waals surface area contributed by atoms with Crippen molar-refractivity contribution in [3.63, 3.8) is 0 Å². The second-order valence-corrected chi connectivity index (χ2v) is 7.01. The number of amides is 1. The van der Waals surface area contributed by atoms with Gasteiger partial charge in [0.15, 0.2) is 0 Å². The van der Waals surface area contributed by atoms with Crippen molar-refractivity contribution in [2.45, 2.75) is 13.5 Å². The third-order valence-corrected chi connectivity index (χ3v) is 4.83. The quantitative estimate of drug-likeness (QED) is 0.482. The van der Waals surface area contributed by atoms with Gasteiger partial charge in [0.1, 0.15) is 5.69 Å². The summed E-state index contributed by atoms with van der Waals surface area (Å²) in [5.74, 6) is -0.345. The maximum Gasteiger partial charge on any atom is 0.317 e.